The third-order valence-corrected chi connectivity index (χ3v) is 9.38. The van der Waals surface area contributed by atoms with Crippen LogP contribution >= 0.6 is 0 Å². The van der Waals surface area contributed by atoms with E-state index in [9.17, 15) is 9.59 Å². The molecule has 0 aliphatic rings. The number of hydrogen-bond acceptors (Lipinski definition) is 3. The second-order valence-corrected chi connectivity index (χ2v) is 10.1. The second kappa shape index (κ2) is 7.50. The Morgan fingerprint density at radius 2 is 1.42 bits per heavy atom. The summed E-state index contributed by atoms with van der Waals surface area (Å²) >= 11 is 0. The van der Waals surface area contributed by atoms with E-state index in [0.29, 0.717) is 11.1 Å². The Hall–Kier alpha value is -2.98. The van der Waals surface area contributed by atoms with Gasteiger partial charge in [-0.3, -0.25) is 4.79 Å². The number of methoxy groups -OCH3 is 1. The number of ether oxygens (including phenoxy) is 1. The first-order valence-electron chi connectivity index (χ1n) is 8.41. The summed E-state index contributed by atoms with van der Waals surface area (Å²) < 4.78 is 5.01. The number of aldehydes is 1. The minimum Gasteiger partial charge on any atom is -0.465 e. The Balaban J connectivity index is 2.38. The highest BCUT2D eigenvalue weighted by molar-refractivity contribution is 7.11. The lowest BCUT2D eigenvalue weighted by Gasteiger charge is -2.31. The number of esters is 1. The van der Waals surface area contributed by atoms with Crippen molar-refractivity contribution in [2.24, 2.45) is 0 Å². The first kappa shape index (κ1) is 17.8. The summed E-state index contributed by atoms with van der Waals surface area (Å²) in [5.74, 6) is -0.362. The van der Waals surface area contributed by atoms with E-state index in [1.807, 2.05) is 60.7 Å². The van der Waals surface area contributed by atoms with Gasteiger partial charge < -0.3 is 4.74 Å². The molecule has 26 heavy (non-hydrogen) atoms. The van der Waals surface area contributed by atoms with Crippen LogP contribution in [0.1, 0.15) is 20.7 Å². The summed E-state index contributed by atoms with van der Waals surface area (Å²) in [6.07, 6.45) is 0.893. The molecule has 0 fully saturated rings. The van der Waals surface area contributed by atoms with Crippen molar-refractivity contribution in [2.45, 2.75) is 6.55 Å². The summed E-state index contributed by atoms with van der Waals surface area (Å²) in [7, 11) is -1.21. The molecule has 3 rings (SSSR count). The Bertz CT molecular complexity index is 937. The van der Waals surface area contributed by atoms with Crippen molar-refractivity contribution in [3.05, 3.63) is 90.0 Å². The van der Waals surface area contributed by atoms with Crippen LogP contribution in [0.15, 0.2) is 78.9 Å². The highest BCUT2D eigenvalue weighted by atomic mass is 28.3. The molecule has 4 heteroatoms. The topological polar surface area (TPSA) is 43.4 Å². The highest BCUT2D eigenvalue weighted by Gasteiger charge is 2.38. The molecule has 0 amide bonds. The molecule has 0 radical (unpaired) electrons. The van der Waals surface area contributed by atoms with Crippen molar-refractivity contribution in [3.8, 4) is 0 Å². The summed E-state index contributed by atoms with van der Waals surface area (Å²) in [6.45, 7) is 2.17. The molecule has 0 aliphatic carbocycles. The van der Waals surface area contributed by atoms with Gasteiger partial charge in [-0.1, -0.05) is 79.3 Å². The molecule has 0 N–H and O–H groups in total. The summed E-state index contributed by atoms with van der Waals surface area (Å²) in [6, 6.07) is 25.3. The summed E-state index contributed by atoms with van der Waals surface area (Å²) in [5, 5.41) is 3.05. The smallest absolute Gasteiger partial charge is 0.337 e. The molecular weight excluding hydrogens is 340 g/mol. The van der Waals surface area contributed by atoms with Crippen LogP contribution in [0.2, 0.25) is 6.55 Å². The largest absolute Gasteiger partial charge is 0.465 e. The quantitative estimate of drug-likeness (QED) is 0.304. The third kappa shape index (κ3) is 3.00. The van der Waals surface area contributed by atoms with Crippen molar-refractivity contribution >= 4 is 35.9 Å². The predicted octanol–water partition coefficient (Wildman–Crippen LogP) is 2.39. The number of hydrogen-bond donors (Lipinski definition) is 0. The van der Waals surface area contributed by atoms with Crippen LogP contribution in [-0.2, 0) is 4.74 Å². The van der Waals surface area contributed by atoms with E-state index in [2.05, 4.69) is 18.7 Å². The minimum absolute atomic E-state index is 0.362. The number of rotatable bonds is 5. The van der Waals surface area contributed by atoms with E-state index in [1.54, 1.807) is 6.07 Å². The van der Waals surface area contributed by atoms with E-state index in [-0.39, 0.29) is 5.97 Å². The molecule has 0 bridgehead atoms. The van der Waals surface area contributed by atoms with Gasteiger partial charge in [0.25, 0.3) is 0 Å². The fourth-order valence-electron chi connectivity index (χ4n) is 3.49. The van der Waals surface area contributed by atoms with Crippen LogP contribution in [0.5, 0.6) is 0 Å². The number of benzene rings is 3. The van der Waals surface area contributed by atoms with Crippen molar-refractivity contribution in [3.63, 3.8) is 0 Å². The zero-order chi connectivity index (χ0) is 18.6. The molecule has 3 aromatic carbocycles. The van der Waals surface area contributed by atoms with Gasteiger partial charge in [0.05, 0.1) is 12.7 Å². The maximum Gasteiger partial charge on any atom is 0.337 e. The van der Waals surface area contributed by atoms with Crippen molar-refractivity contribution < 1.29 is 14.3 Å². The van der Waals surface area contributed by atoms with Crippen molar-refractivity contribution in [2.75, 3.05) is 7.11 Å². The van der Waals surface area contributed by atoms with Crippen LogP contribution in [0.25, 0.3) is 0 Å². The van der Waals surface area contributed by atoms with E-state index >= 15 is 0 Å². The summed E-state index contributed by atoms with van der Waals surface area (Å²) in [4.78, 5) is 24.2. The Morgan fingerprint density at radius 1 is 0.846 bits per heavy atom. The van der Waals surface area contributed by atoms with Gasteiger partial charge in [-0.15, -0.1) is 0 Å². The van der Waals surface area contributed by atoms with E-state index in [0.717, 1.165) is 21.8 Å². The number of carbonyl (C=O) groups is 2. The monoisotopic (exact) mass is 360 g/mol. The van der Waals surface area contributed by atoms with Crippen LogP contribution in [0.4, 0.5) is 0 Å². The van der Waals surface area contributed by atoms with Crippen molar-refractivity contribution in [1.29, 1.82) is 0 Å². The highest BCUT2D eigenvalue weighted by Crippen LogP contribution is 2.13. The van der Waals surface area contributed by atoms with Gasteiger partial charge in [0.2, 0.25) is 0 Å². The molecule has 0 saturated heterocycles. The zero-order valence-corrected chi connectivity index (χ0v) is 15.8. The Morgan fingerprint density at radius 3 is 2.08 bits per heavy atom. The molecule has 0 aromatic heterocycles. The lowest BCUT2D eigenvalue weighted by atomic mass is 10.2. The standard InChI is InChI=1S/C22H20O3Si/c1-25-22(24)19-13-7-9-15-21(19)26(2,18-11-4-3-5-12-18)20-14-8-6-10-17(20)16-23/h3-16H,1-2H3. The fourth-order valence-corrected chi connectivity index (χ4v) is 7.56. The predicted molar refractivity (Wildman–Crippen MR) is 107 cm³/mol. The fraction of sp³-hybridized carbons (Fsp3) is 0.0909. The lowest BCUT2D eigenvalue weighted by molar-refractivity contribution is 0.0602. The molecule has 0 saturated carbocycles. The molecule has 0 spiro atoms. The molecule has 1 atom stereocenters. The van der Waals surface area contributed by atoms with Gasteiger partial charge in [0.15, 0.2) is 0 Å². The number of carbonyl (C=O) groups excluding carboxylic acids is 2. The van der Waals surface area contributed by atoms with Crippen molar-refractivity contribution in [1.82, 2.24) is 0 Å². The first-order valence-corrected chi connectivity index (χ1v) is 10.9. The summed E-state index contributed by atoms with van der Waals surface area (Å²) in [5.41, 5.74) is 1.21. The van der Waals surface area contributed by atoms with Crippen LogP contribution < -0.4 is 15.6 Å². The molecule has 1 unspecified atom stereocenters. The Labute approximate surface area is 154 Å². The average Bonchev–Trinajstić information content (AvgIpc) is 2.73. The average molecular weight is 360 g/mol. The molecule has 3 aromatic rings. The van der Waals surface area contributed by atoms with Gasteiger partial charge in [-0.25, -0.2) is 4.79 Å². The molecular formula is C22H20O3Si. The van der Waals surface area contributed by atoms with E-state index < -0.39 is 8.07 Å². The van der Waals surface area contributed by atoms with Crippen LogP contribution in [0, 0.1) is 0 Å². The van der Waals surface area contributed by atoms with Gasteiger partial charge in [-0.05, 0) is 21.6 Å². The van der Waals surface area contributed by atoms with Gasteiger partial charge in [0.1, 0.15) is 14.4 Å². The molecule has 0 aliphatic heterocycles. The molecule has 3 nitrogen and oxygen atoms in total. The Kier molecular flexibility index (Phi) is 5.14. The first-order chi connectivity index (χ1) is 12.6. The zero-order valence-electron chi connectivity index (χ0n) is 14.8. The molecule has 0 heterocycles. The van der Waals surface area contributed by atoms with E-state index in [1.165, 1.54) is 7.11 Å². The van der Waals surface area contributed by atoms with Gasteiger partial charge in [0, 0.05) is 5.56 Å². The maximum atomic E-state index is 12.4. The van der Waals surface area contributed by atoms with Gasteiger partial charge in [-0.2, -0.15) is 0 Å². The third-order valence-electron chi connectivity index (χ3n) is 4.85. The maximum absolute atomic E-state index is 12.4. The van der Waals surface area contributed by atoms with Gasteiger partial charge >= 0.3 is 5.97 Å². The van der Waals surface area contributed by atoms with E-state index in [4.69, 9.17) is 4.74 Å². The van der Waals surface area contributed by atoms with Crippen LogP contribution in [-0.4, -0.2) is 27.4 Å². The minimum atomic E-state index is -2.60. The second-order valence-electron chi connectivity index (χ2n) is 6.23. The normalized spacial score (nSPS) is 12.8. The lowest BCUT2D eigenvalue weighted by Crippen LogP contribution is -2.66. The van der Waals surface area contributed by atoms with Crippen LogP contribution in [0.3, 0.4) is 0 Å². The SMILES string of the molecule is COC(=O)c1ccccc1[Si](C)(c1ccccc1)c1ccccc1C=O. The molecule has 130 valence electrons.